The Hall–Kier alpha value is -4.11. The molecule has 16 fully saturated rings. The van der Waals surface area contributed by atoms with Crippen LogP contribution in [-0.2, 0) is 23.7 Å². The van der Waals surface area contributed by atoms with E-state index < -0.39 is 0 Å². The summed E-state index contributed by atoms with van der Waals surface area (Å²) >= 11 is 15.2. The second-order valence-electron chi connectivity index (χ2n) is 58.9. The van der Waals surface area contributed by atoms with Crippen molar-refractivity contribution >= 4 is 35.0 Å². The largest absolute Gasteiger partial charge is 0.381 e. The SMILES string of the molecule is CC(C)(C)CC1NC(c2ccccc2)C2CCCC12.CC(C)(C)CC1NC(c2ccccc2)C2COCC12.CC(C)(C)CC1NC2CC(c3ccccc3)CCC2S1.CC(C)(C)CC1NC2CCCCC2C1c1ccccc1.CC(C)(C)CC1OC(c2ccccc2)C2CCCC12.CC(C)(C)CC1OC2CCCCC2C1Cl.CC(C)(C)CC1OC2CCCCC2C1c1ccccc1.CC1OC(CC(C)(C)C)C2C(Cl)CCC12. The van der Waals surface area contributed by atoms with Gasteiger partial charge in [0.15, 0.2) is 0 Å². The Balaban J connectivity index is 0.000000126. The van der Waals surface area contributed by atoms with E-state index in [2.05, 4.69) is 388 Å². The molecule has 6 aromatic carbocycles. The Morgan fingerprint density at radius 3 is 1.23 bits per heavy atom. The number of benzene rings is 6. The predicted octanol–water partition coefficient (Wildman–Crippen LogP) is 35.5. The second kappa shape index (κ2) is 51.5. The van der Waals surface area contributed by atoms with Gasteiger partial charge in [-0.25, -0.2) is 0 Å². The molecule has 9 aliphatic heterocycles. The lowest BCUT2D eigenvalue weighted by molar-refractivity contribution is 0.000753. The molecule has 0 bridgehead atoms. The zero-order valence-electron chi connectivity index (χ0n) is 96.9. The summed E-state index contributed by atoms with van der Waals surface area (Å²) in [5.74, 6) is 10.3. The van der Waals surface area contributed by atoms with Crippen LogP contribution >= 0.6 is 35.0 Å². The van der Waals surface area contributed by atoms with E-state index in [0.717, 1.165) is 103 Å². The fourth-order valence-electron chi connectivity index (χ4n) is 30.7. The summed E-state index contributed by atoms with van der Waals surface area (Å²) in [5.41, 5.74) is 11.9. The molecule has 6 aromatic rings. The molecule has 147 heavy (non-hydrogen) atoms. The van der Waals surface area contributed by atoms with Crippen LogP contribution in [0.15, 0.2) is 182 Å². The van der Waals surface area contributed by atoms with Crippen molar-refractivity contribution in [3.8, 4) is 0 Å². The molecule has 7 aliphatic carbocycles. The molecule has 4 N–H and O–H groups in total. The van der Waals surface area contributed by atoms with Crippen LogP contribution in [0.3, 0.4) is 0 Å². The molecule has 7 saturated carbocycles. The van der Waals surface area contributed by atoms with E-state index in [0.29, 0.717) is 157 Å². The third-order valence-corrected chi connectivity index (χ3v) is 39.2. The normalized spacial score (nSPS) is 36.1. The third-order valence-electron chi connectivity index (χ3n) is 36.5. The van der Waals surface area contributed by atoms with Crippen LogP contribution in [0.2, 0.25) is 0 Å². The summed E-state index contributed by atoms with van der Waals surface area (Å²) in [6, 6.07) is 70.7. The van der Waals surface area contributed by atoms with E-state index in [-0.39, 0.29) is 5.38 Å². The molecule has 9 saturated heterocycles. The fourth-order valence-corrected chi connectivity index (χ4v) is 33.5. The number of alkyl halides is 2. The zero-order valence-corrected chi connectivity index (χ0v) is 99.2. The highest BCUT2D eigenvalue weighted by atomic mass is 35.5. The Morgan fingerprint density at radius 1 is 0.286 bits per heavy atom. The van der Waals surface area contributed by atoms with Crippen molar-refractivity contribution < 1.29 is 23.7 Å². The molecule has 22 rings (SSSR count). The third kappa shape index (κ3) is 33.3. The first kappa shape index (κ1) is 117. The molecule has 0 spiro atoms. The van der Waals surface area contributed by atoms with Crippen LogP contribution in [0.5, 0.6) is 0 Å². The quantitative estimate of drug-likeness (QED) is 0.0790. The number of thioether (sulfide) groups is 1. The predicted molar refractivity (Wildman–Crippen MR) is 626 cm³/mol. The first-order valence-corrected chi connectivity index (χ1v) is 61.9. The molecule has 0 aromatic heterocycles. The molecule has 0 radical (unpaired) electrons. The van der Waals surface area contributed by atoms with Crippen molar-refractivity contribution in [1.82, 2.24) is 21.3 Å². The maximum absolute atomic E-state index is 6.53. The fraction of sp³-hybridized carbons (Fsp3) is 0.733. The van der Waals surface area contributed by atoms with Gasteiger partial charge >= 0.3 is 0 Å². The van der Waals surface area contributed by atoms with Crippen LogP contribution in [0.4, 0.5) is 0 Å². The molecule has 0 amide bonds. The lowest BCUT2D eigenvalue weighted by Crippen LogP contribution is -2.38. The smallest absolute Gasteiger partial charge is 0.0860 e. The van der Waals surface area contributed by atoms with Gasteiger partial charge in [-0.2, -0.15) is 0 Å². The number of rotatable bonds is 14. The van der Waals surface area contributed by atoms with Gasteiger partial charge < -0.3 is 45.0 Å². The van der Waals surface area contributed by atoms with Crippen molar-refractivity contribution in [2.24, 2.45) is 108 Å². The number of nitrogens with one attached hydrogen (secondary N) is 4. The summed E-state index contributed by atoms with van der Waals surface area (Å²) in [4.78, 5) is 0. The average molecular weight is 2070 g/mol. The summed E-state index contributed by atoms with van der Waals surface area (Å²) < 4.78 is 31.0. The highest BCUT2D eigenvalue weighted by molar-refractivity contribution is 8.00. The molecular formula is C135H208Cl2N4O5S. The summed E-state index contributed by atoms with van der Waals surface area (Å²) in [6.07, 6.45) is 44.1. The van der Waals surface area contributed by atoms with Gasteiger partial charge in [-0.15, -0.1) is 35.0 Å². The highest BCUT2D eigenvalue weighted by Gasteiger charge is 2.55. The van der Waals surface area contributed by atoms with Crippen LogP contribution < -0.4 is 21.3 Å². The number of ether oxygens (including phenoxy) is 5. The van der Waals surface area contributed by atoms with Crippen LogP contribution in [-0.4, -0.2) is 108 Å². The Bertz CT molecular complexity index is 4540. The highest BCUT2D eigenvalue weighted by Crippen LogP contribution is 2.58. The second-order valence-corrected chi connectivity index (χ2v) is 61.4. The topological polar surface area (TPSA) is 94.3 Å². The van der Waals surface area contributed by atoms with Gasteiger partial charge in [0.1, 0.15) is 0 Å². The molecular weight excluding hydrogens is 1860 g/mol. The maximum Gasteiger partial charge on any atom is 0.0860 e. The molecule has 12 heteroatoms. The van der Waals surface area contributed by atoms with Crippen LogP contribution in [0.1, 0.15) is 441 Å². The van der Waals surface area contributed by atoms with E-state index in [1.165, 1.54) is 214 Å². The number of hydrogen-bond acceptors (Lipinski definition) is 10. The molecule has 33 atom stereocenters. The van der Waals surface area contributed by atoms with Gasteiger partial charge in [0.05, 0.1) is 72.8 Å². The van der Waals surface area contributed by atoms with E-state index in [1.54, 1.807) is 5.56 Å². The van der Waals surface area contributed by atoms with E-state index >= 15 is 0 Å². The Labute approximate surface area is 912 Å². The average Bonchev–Trinajstić information content (AvgIpc) is 1.63. The number of halogens is 2. The van der Waals surface area contributed by atoms with Gasteiger partial charge in [0.2, 0.25) is 0 Å². The molecule has 818 valence electrons. The van der Waals surface area contributed by atoms with E-state index in [1.807, 2.05) is 0 Å². The van der Waals surface area contributed by atoms with Crippen molar-refractivity contribution in [2.45, 2.75) is 502 Å². The molecule has 9 nitrogen and oxygen atoms in total. The lowest BCUT2D eigenvalue weighted by atomic mass is 9.73. The number of fused-ring (bicyclic) bond motifs is 8. The minimum absolute atomic E-state index is 0.259. The van der Waals surface area contributed by atoms with Gasteiger partial charge in [-0.05, 0) is 279 Å². The van der Waals surface area contributed by atoms with Crippen molar-refractivity contribution in [3.05, 3.63) is 215 Å². The summed E-state index contributed by atoms with van der Waals surface area (Å²) in [5, 5.41) is 17.9. The van der Waals surface area contributed by atoms with E-state index in [4.69, 9.17) is 46.9 Å². The van der Waals surface area contributed by atoms with Gasteiger partial charge in [0.25, 0.3) is 0 Å². The first-order valence-electron chi connectivity index (χ1n) is 60.1. The van der Waals surface area contributed by atoms with Crippen molar-refractivity contribution in [2.75, 3.05) is 13.2 Å². The minimum atomic E-state index is 0.259. The zero-order chi connectivity index (χ0) is 105. The molecule has 16 aliphatic rings. The molecule has 9 heterocycles. The van der Waals surface area contributed by atoms with Crippen LogP contribution in [0, 0.1) is 108 Å². The molecule has 33 unspecified atom stereocenters. The van der Waals surface area contributed by atoms with Gasteiger partial charge in [0, 0.05) is 88.4 Å². The first-order chi connectivity index (χ1) is 69.6. The lowest BCUT2D eigenvalue weighted by Gasteiger charge is -2.31. The Kier molecular flexibility index (Phi) is 40.9. The standard InChI is InChI=1S/C19H29N.C19H28O.C18H27NS.C18H27N.C18H26O.C17H25NO.2C13H23ClO/c2*1-19(2,3)13-17-18(14-9-5-4-6-10-14)15-11-7-8-12-16(15)20-17;1-18(2,3)12-17-19-15-11-14(9-10-16(15)20-17)13-7-5-4-6-8-13;2*1-18(2,3)12-16-14-10-7-11-15(14)17(19-16)13-8-5-4-6-9-13;1-17(2,3)9-15-13-10-19-11-14(13)16(18-15)12-7-5-4-6-8-12;1-8-9-5-6-10(14)12(9)11(15-8)7-13(2,3)4;1-13(2,3)8-11-12(14)9-6-4-5-7-10(9)15-11/h4-6,9-10,15-18,20H,7-8,11-13H2,1-3H3;4-6,9-10,15-18H,7-8,11-13H2,1-3H3;4-8,14-17,19H,9-12H2,1-3H3;4-6,8-9,14-17,19H,7,10-12H2,1-3H3;4-6,8-9,14-17H,7,10-12H2,1-3H3;4-8,13-16,18H,9-11H2,1-3H3;8-12H,5-7H2,1-4H3;9-12H,4-8H2,1-3H3. The monoisotopic (exact) mass is 2070 g/mol. The summed E-state index contributed by atoms with van der Waals surface area (Å²) in [7, 11) is 0. The maximum atomic E-state index is 6.53. The number of hydrogen-bond donors (Lipinski definition) is 4. The van der Waals surface area contributed by atoms with Crippen LogP contribution in [0.25, 0.3) is 0 Å². The van der Waals surface area contributed by atoms with Gasteiger partial charge in [-0.1, -0.05) is 400 Å². The summed E-state index contributed by atoms with van der Waals surface area (Å²) in [6.45, 7) is 60.0. The van der Waals surface area contributed by atoms with Crippen molar-refractivity contribution in [1.29, 1.82) is 0 Å². The van der Waals surface area contributed by atoms with Gasteiger partial charge in [-0.3, -0.25) is 0 Å². The Morgan fingerprint density at radius 2 is 0.694 bits per heavy atom. The van der Waals surface area contributed by atoms with Crippen molar-refractivity contribution in [3.63, 3.8) is 0 Å². The minimum Gasteiger partial charge on any atom is -0.381 e. The van der Waals surface area contributed by atoms with E-state index in [9.17, 15) is 0 Å².